The molecule has 0 saturated heterocycles. The summed E-state index contributed by atoms with van der Waals surface area (Å²) in [5, 5.41) is 1.13. The lowest BCUT2D eigenvalue weighted by molar-refractivity contribution is 1.01. The van der Waals surface area contributed by atoms with Crippen LogP contribution in [0.1, 0.15) is 0 Å². The van der Waals surface area contributed by atoms with Crippen molar-refractivity contribution < 1.29 is 0 Å². The van der Waals surface area contributed by atoms with E-state index in [2.05, 4.69) is 34.2 Å². The minimum absolute atomic E-state index is 0.742. The molecule has 2 heterocycles. The van der Waals surface area contributed by atoms with Crippen LogP contribution in [0.25, 0.3) is 10.9 Å². The number of benzene rings is 1. The van der Waals surface area contributed by atoms with E-state index < -0.39 is 0 Å². The van der Waals surface area contributed by atoms with Gasteiger partial charge in [-0.15, -0.1) is 0 Å². The van der Waals surface area contributed by atoms with Gasteiger partial charge < -0.3 is 10.6 Å². The molecule has 0 spiro atoms. The number of fused-ring (bicyclic) bond motifs is 1. The summed E-state index contributed by atoms with van der Waals surface area (Å²) in [4.78, 5) is 6.65. The maximum Gasteiger partial charge on any atom is 0.0951 e. The minimum atomic E-state index is 0.742. The minimum Gasteiger partial charge on any atom is -0.397 e. The summed E-state index contributed by atoms with van der Waals surface area (Å²) in [5.74, 6) is 0. The molecule has 2 aromatic rings. The van der Waals surface area contributed by atoms with Crippen molar-refractivity contribution in [3.8, 4) is 0 Å². The van der Waals surface area contributed by atoms with Gasteiger partial charge in [-0.1, -0.05) is 12.2 Å². The lowest BCUT2D eigenvalue weighted by Crippen LogP contribution is -2.18. The van der Waals surface area contributed by atoms with Crippen molar-refractivity contribution in [2.24, 2.45) is 0 Å². The van der Waals surface area contributed by atoms with E-state index in [-0.39, 0.29) is 0 Å². The second-order valence-corrected chi connectivity index (χ2v) is 3.95. The van der Waals surface area contributed by atoms with Crippen LogP contribution in [-0.4, -0.2) is 18.1 Å². The average molecular weight is 211 g/mol. The first-order valence-corrected chi connectivity index (χ1v) is 5.39. The van der Waals surface area contributed by atoms with Gasteiger partial charge in [0.2, 0.25) is 0 Å². The van der Waals surface area contributed by atoms with Crippen LogP contribution in [0.3, 0.4) is 0 Å². The van der Waals surface area contributed by atoms with Gasteiger partial charge in [0.1, 0.15) is 0 Å². The first-order chi connectivity index (χ1) is 7.86. The predicted octanol–water partition coefficient (Wildman–Crippen LogP) is 2.19. The van der Waals surface area contributed by atoms with Crippen molar-refractivity contribution in [3.63, 3.8) is 0 Å². The van der Waals surface area contributed by atoms with Gasteiger partial charge in [0, 0.05) is 30.4 Å². The number of nitrogens with zero attached hydrogens (tertiary/aromatic N) is 2. The van der Waals surface area contributed by atoms with Gasteiger partial charge in [-0.3, -0.25) is 4.98 Å². The van der Waals surface area contributed by atoms with Crippen LogP contribution in [0, 0.1) is 0 Å². The van der Waals surface area contributed by atoms with Crippen LogP contribution < -0.4 is 10.6 Å². The first-order valence-electron chi connectivity index (χ1n) is 5.39. The Labute approximate surface area is 94.2 Å². The molecule has 1 aromatic carbocycles. The summed E-state index contributed by atoms with van der Waals surface area (Å²) in [6, 6.07) is 8.04. The molecule has 3 nitrogen and oxygen atoms in total. The molecule has 1 aromatic heterocycles. The highest BCUT2D eigenvalue weighted by Crippen LogP contribution is 2.30. The third-order valence-corrected chi connectivity index (χ3v) is 2.94. The zero-order chi connectivity index (χ0) is 11.0. The van der Waals surface area contributed by atoms with Gasteiger partial charge in [0.05, 0.1) is 11.2 Å². The zero-order valence-electron chi connectivity index (χ0n) is 8.93. The van der Waals surface area contributed by atoms with Crippen molar-refractivity contribution in [2.45, 2.75) is 0 Å². The molecule has 0 atom stereocenters. The molecular formula is C13H13N3. The highest BCUT2D eigenvalue weighted by atomic mass is 15.1. The molecule has 0 amide bonds. The van der Waals surface area contributed by atoms with Crippen LogP contribution in [0.2, 0.25) is 0 Å². The average Bonchev–Trinajstić information content (AvgIpc) is 2.83. The Balaban J connectivity index is 2.21. The lowest BCUT2D eigenvalue weighted by atomic mass is 10.1. The molecule has 2 N–H and O–H groups in total. The Morgan fingerprint density at radius 2 is 1.94 bits per heavy atom. The summed E-state index contributed by atoms with van der Waals surface area (Å²) < 4.78 is 0. The Kier molecular flexibility index (Phi) is 2.03. The van der Waals surface area contributed by atoms with E-state index in [1.165, 1.54) is 5.69 Å². The van der Waals surface area contributed by atoms with E-state index in [1.807, 2.05) is 12.1 Å². The quantitative estimate of drug-likeness (QED) is 0.580. The molecule has 1 aliphatic heterocycles. The fourth-order valence-electron chi connectivity index (χ4n) is 2.13. The molecule has 1 aliphatic rings. The van der Waals surface area contributed by atoms with Crippen molar-refractivity contribution in [1.82, 2.24) is 4.98 Å². The fraction of sp³-hybridized carbons (Fsp3) is 0.154. The van der Waals surface area contributed by atoms with Gasteiger partial charge in [0.25, 0.3) is 0 Å². The fourth-order valence-corrected chi connectivity index (χ4v) is 2.13. The van der Waals surface area contributed by atoms with E-state index in [1.54, 1.807) is 6.20 Å². The SMILES string of the molecule is Nc1ccc(N2CC=CC2)c2cccnc12. The first kappa shape index (κ1) is 9.21. The van der Waals surface area contributed by atoms with Crippen LogP contribution >= 0.6 is 0 Å². The molecule has 0 bridgehead atoms. The molecular weight excluding hydrogens is 198 g/mol. The molecule has 0 aliphatic carbocycles. The van der Waals surface area contributed by atoms with E-state index in [0.29, 0.717) is 0 Å². The van der Waals surface area contributed by atoms with Gasteiger partial charge >= 0.3 is 0 Å². The van der Waals surface area contributed by atoms with Crippen LogP contribution in [-0.2, 0) is 0 Å². The maximum absolute atomic E-state index is 5.93. The van der Waals surface area contributed by atoms with Crippen molar-refractivity contribution >= 4 is 22.3 Å². The summed E-state index contributed by atoms with van der Waals surface area (Å²) in [6.45, 7) is 1.93. The van der Waals surface area contributed by atoms with Crippen LogP contribution in [0.4, 0.5) is 11.4 Å². The largest absolute Gasteiger partial charge is 0.397 e. The van der Waals surface area contributed by atoms with Crippen LogP contribution in [0.15, 0.2) is 42.6 Å². The number of hydrogen-bond donors (Lipinski definition) is 1. The number of rotatable bonds is 1. The molecule has 16 heavy (non-hydrogen) atoms. The molecule has 3 rings (SSSR count). The summed E-state index contributed by atoms with van der Waals surface area (Å²) in [7, 11) is 0. The number of pyridine rings is 1. The highest BCUT2D eigenvalue weighted by molar-refractivity contribution is 5.98. The molecule has 80 valence electrons. The Hall–Kier alpha value is -2.03. The van der Waals surface area contributed by atoms with E-state index in [9.17, 15) is 0 Å². The number of aromatic nitrogens is 1. The predicted molar refractivity (Wildman–Crippen MR) is 67.5 cm³/mol. The second-order valence-electron chi connectivity index (χ2n) is 3.95. The standard InChI is InChI=1S/C13H13N3/c14-11-5-6-12(16-8-1-2-9-16)10-4-3-7-15-13(10)11/h1-7H,8-9,14H2. The summed E-state index contributed by atoms with van der Waals surface area (Å²) in [5.41, 5.74) is 8.78. The third-order valence-electron chi connectivity index (χ3n) is 2.94. The molecule has 0 saturated carbocycles. The zero-order valence-corrected chi connectivity index (χ0v) is 8.93. The summed E-state index contributed by atoms with van der Waals surface area (Å²) >= 11 is 0. The Morgan fingerprint density at radius 3 is 2.75 bits per heavy atom. The highest BCUT2D eigenvalue weighted by Gasteiger charge is 2.12. The van der Waals surface area contributed by atoms with Gasteiger partial charge in [0.15, 0.2) is 0 Å². The lowest BCUT2D eigenvalue weighted by Gasteiger charge is -2.20. The Morgan fingerprint density at radius 1 is 1.12 bits per heavy atom. The van der Waals surface area contributed by atoms with Gasteiger partial charge in [-0.2, -0.15) is 0 Å². The third kappa shape index (κ3) is 1.33. The van der Waals surface area contributed by atoms with E-state index >= 15 is 0 Å². The molecule has 3 heteroatoms. The topological polar surface area (TPSA) is 42.1 Å². The number of nitrogens with two attached hydrogens (primary N) is 1. The normalized spacial score (nSPS) is 14.9. The van der Waals surface area contributed by atoms with Crippen molar-refractivity contribution in [3.05, 3.63) is 42.6 Å². The van der Waals surface area contributed by atoms with Gasteiger partial charge in [-0.25, -0.2) is 0 Å². The van der Waals surface area contributed by atoms with Gasteiger partial charge in [-0.05, 0) is 24.3 Å². The molecule has 0 fully saturated rings. The smallest absolute Gasteiger partial charge is 0.0951 e. The monoisotopic (exact) mass is 211 g/mol. The van der Waals surface area contributed by atoms with E-state index in [4.69, 9.17) is 5.73 Å². The summed E-state index contributed by atoms with van der Waals surface area (Å²) in [6.07, 6.45) is 6.14. The number of nitrogen functional groups attached to an aromatic ring is 1. The van der Waals surface area contributed by atoms with Crippen molar-refractivity contribution in [1.29, 1.82) is 0 Å². The number of hydrogen-bond acceptors (Lipinski definition) is 3. The Bertz CT molecular complexity index is 552. The van der Waals surface area contributed by atoms with Crippen molar-refractivity contribution in [2.75, 3.05) is 23.7 Å². The second kappa shape index (κ2) is 3.52. The maximum atomic E-state index is 5.93. The molecule has 0 unspecified atom stereocenters. The van der Waals surface area contributed by atoms with E-state index in [0.717, 1.165) is 29.7 Å². The molecule has 0 radical (unpaired) electrons. The number of anilines is 2. The van der Waals surface area contributed by atoms with Crippen LogP contribution in [0.5, 0.6) is 0 Å².